The quantitative estimate of drug-likeness (QED) is 0.561. The Bertz CT molecular complexity index is 1220. The van der Waals surface area contributed by atoms with Crippen molar-refractivity contribution in [2.24, 2.45) is 5.92 Å². The monoisotopic (exact) mass is 484 g/mol. The van der Waals surface area contributed by atoms with E-state index in [4.69, 9.17) is 17.3 Å². The SMILES string of the molecule is CCCCn1c(N)c(N(CCC(C)C)C(=O)c2cc(S(C)(=O)=O)ccc2Cl)c(=O)[nH]c1=O. The third-order valence-corrected chi connectivity index (χ3v) is 6.43. The van der Waals surface area contributed by atoms with Crippen LogP contribution in [0, 0.1) is 5.92 Å². The smallest absolute Gasteiger partial charge is 0.330 e. The highest BCUT2D eigenvalue weighted by atomic mass is 35.5. The summed E-state index contributed by atoms with van der Waals surface area (Å²) in [5.74, 6) is -0.617. The Morgan fingerprint density at radius 3 is 2.50 bits per heavy atom. The van der Waals surface area contributed by atoms with E-state index in [1.807, 2.05) is 20.8 Å². The molecular weight excluding hydrogens is 456 g/mol. The second-order valence-corrected chi connectivity index (χ2v) is 10.5. The van der Waals surface area contributed by atoms with Crippen LogP contribution in [-0.2, 0) is 16.4 Å². The number of nitrogen functional groups attached to an aromatic ring is 1. The lowest BCUT2D eigenvalue weighted by Gasteiger charge is -2.26. The summed E-state index contributed by atoms with van der Waals surface area (Å²) in [4.78, 5) is 41.9. The molecule has 32 heavy (non-hydrogen) atoms. The van der Waals surface area contributed by atoms with Crippen LogP contribution in [0.3, 0.4) is 0 Å². The number of hydrogen-bond acceptors (Lipinski definition) is 6. The molecule has 1 heterocycles. The summed E-state index contributed by atoms with van der Waals surface area (Å²) in [6.45, 7) is 6.26. The van der Waals surface area contributed by atoms with Crippen molar-refractivity contribution in [2.75, 3.05) is 23.4 Å². The molecule has 0 aliphatic heterocycles. The summed E-state index contributed by atoms with van der Waals surface area (Å²) in [5.41, 5.74) is 4.51. The minimum Gasteiger partial charge on any atom is -0.383 e. The van der Waals surface area contributed by atoms with E-state index in [0.717, 1.165) is 12.7 Å². The molecule has 1 aromatic carbocycles. The summed E-state index contributed by atoms with van der Waals surface area (Å²) in [6.07, 6.45) is 3.00. The number of nitrogens with zero attached hydrogens (tertiary/aromatic N) is 2. The van der Waals surface area contributed by atoms with Crippen molar-refractivity contribution in [1.29, 1.82) is 0 Å². The first-order chi connectivity index (χ1) is 14.9. The number of aromatic nitrogens is 2. The summed E-state index contributed by atoms with van der Waals surface area (Å²) in [5, 5.41) is 0.0336. The maximum atomic E-state index is 13.5. The van der Waals surface area contributed by atoms with Gasteiger partial charge in [-0.05, 0) is 37.0 Å². The zero-order valence-corrected chi connectivity index (χ0v) is 20.2. The van der Waals surface area contributed by atoms with Crippen LogP contribution < -0.4 is 21.9 Å². The van der Waals surface area contributed by atoms with Crippen molar-refractivity contribution in [1.82, 2.24) is 9.55 Å². The topological polar surface area (TPSA) is 135 Å². The number of aromatic amines is 1. The molecule has 1 aromatic heterocycles. The fourth-order valence-electron chi connectivity index (χ4n) is 3.12. The van der Waals surface area contributed by atoms with Crippen LogP contribution in [0.25, 0.3) is 0 Å². The summed E-state index contributed by atoms with van der Waals surface area (Å²) in [6, 6.07) is 3.81. The maximum Gasteiger partial charge on any atom is 0.330 e. The van der Waals surface area contributed by atoms with Gasteiger partial charge in [0.1, 0.15) is 5.82 Å². The van der Waals surface area contributed by atoms with E-state index < -0.39 is 27.0 Å². The molecule has 1 amide bonds. The van der Waals surface area contributed by atoms with Gasteiger partial charge in [0.05, 0.1) is 15.5 Å². The largest absolute Gasteiger partial charge is 0.383 e. The lowest BCUT2D eigenvalue weighted by Crippen LogP contribution is -2.42. The van der Waals surface area contributed by atoms with Crippen molar-refractivity contribution in [3.8, 4) is 0 Å². The van der Waals surface area contributed by atoms with Crippen LogP contribution in [0.5, 0.6) is 0 Å². The normalized spacial score (nSPS) is 11.7. The summed E-state index contributed by atoms with van der Waals surface area (Å²) >= 11 is 6.23. The average Bonchev–Trinajstić information content (AvgIpc) is 2.68. The number of H-pyrrole nitrogens is 1. The molecule has 2 aromatic rings. The summed E-state index contributed by atoms with van der Waals surface area (Å²) in [7, 11) is -3.60. The Balaban J connectivity index is 2.70. The molecule has 0 aliphatic rings. The second kappa shape index (κ2) is 10.4. The molecule has 0 saturated carbocycles. The molecule has 0 atom stereocenters. The maximum absolute atomic E-state index is 13.5. The van der Waals surface area contributed by atoms with Gasteiger partial charge in [-0.3, -0.25) is 19.1 Å². The average molecular weight is 485 g/mol. The van der Waals surface area contributed by atoms with Gasteiger partial charge in [-0.25, -0.2) is 13.2 Å². The van der Waals surface area contributed by atoms with E-state index in [1.54, 1.807) is 0 Å². The summed E-state index contributed by atoms with van der Waals surface area (Å²) < 4.78 is 25.2. The zero-order valence-electron chi connectivity index (χ0n) is 18.6. The number of rotatable bonds is 9. The lowest BCUT2D eigenvalue weighted by atomic mass is 10.1. The molecule has 176 valence electrons. The first-order valence-corrected chi connectivity index (χ1v) is 12.6. The predicted molar refractivity (Wildman–Crippen MR) is 126 cm³/mol. The first-order valence-electron chi connectivity index (χ1n) is 10.3. The standard InChI is InChI=1S/C21H29ClN4O5S/c1-5-6-10-26-18(23)17(19(27)24-21(26)29)25(11-9-13(2)3)20(28)15-12-14(32(4,30)31)7-8-16(15)22/h7-8,12-13H,5-6,9-11,23H2,1-4H3,(H,24,27,29). The number of hydrogen-bond donors (Lipinski definition) is 2. The highest BCUT2D eigenvalue weighted by Gasteiger charge is 2.27. The van der Waals surface area contributed by atoms with E-state index in [9.17, 15) is 22.8 Å². The van der Waals surface area contributed by atoms with E-state index in [1.165, 1.54) is 27.7 Å². The third-order valence-electron chi connectivity index (χ3n) is 4.99. The van der Waals surface area contributed by atoms with E-state index in [0.29, 0.717) is 12.8 Å². The number of sulfone groups is 1. The molecule has 0 spiro atoms. The Morgan fingerprint density at radius 1 is 1.28 bits per heavy atom. The molecule has 0 aliphatic carbocycles. The molecule has 0 bridgehead atoms. The molecule has 0 fully saturated rings. The first kappa shape index (κ1) is 25.7. The number of amides is 1. The van der Waals surface area contributed by atoms with Crippen LogP contribution in [-0.4, -0.2) is 36.7 Å². The van der Waals surface area contributed by atoms with E-state index in [2.05, 4.69) is 4.98 Å². The molecule has 9 nitrogen and oxygen atoms in total. The van der Waals surface area contributed by atoms with Crippen molar-refractivity contribution in [3.05, 3.63) is 49.6 Å². The lowest BCUT2D eigenvalue weighted by molar-refractivity contribution is 0.0985. The van der Waals surface area contributed by atoms with Crippen LogP contribution in [0.15, 0.2) is 32.7 Å². The number of benzene rings is 1. The van der Waals surface area contributed by atoms with Gasteiger partial charge in [0.25, 0.3) is 11.5 Å². The number of anilines is 2. The number of nitrogens with one attached hydrogen (secondary N) is 1. The van der Waals surface area contributed by atoms with E-state index >= 15 is 0 Å². The highest BCUT2D eigenvalue weighted by Crippen LogP contribution is 2.26. The molecule has 2 rings (SSSR count). The predicted octanol–water partition coefficient (Wildman–Crippen LogP) is 2.67. The van der Waals surface area contributed by atoms with Crippen molar-refractivity contribution in [3.63, 3.8) is 0 Å². The van der Waals surface area contributed by atoms with Gasteiger partial charge in [-0.2, -0.15) is 0 Å². The Kier molecular flexibility index (Phi) is 8.30. The van der Waals surface area contributed by atoms with E-state index in [-0.39, 0.29) is 46.0 Å². The minimum absolute atomic E-state index is 0.0336. The highest BCUT2D eigenvalue weighted by molar-refractivity contribution is 7.90. The van der Waals surface area contributed by atoms with Gasteiger partial charge >= 0.3 is 5.69 Å². The molecular formula is C21H29ClN4O5S. The number of halogens is 1. The van der Waals surface area contributed by atoms with Gasteiger partial charge in [0.2, 0.25) is 0 Å². The van der Waals surface area contributed by atoms with Crippen LogP contribution in [0.2, 0.25) is 5.02 Å². The van der Waals surface area contributed by atoms with Gasteiger partial charge < -0.3 is 10.6 Å². The van der Waals surface area contributed by atoms with Crippen LogP contribution in [0.1, 0.15) is 50.4 Å². The number of unbranched alkanes of at least 4 members (excludes halogenated alkanes) is 1. The number of carbonyl (C=O) groups is 1. The Hall–Kier alpha value is -2.59. The van der Waals surface area contributed by atoms with Crippen molar-refractivity contribution < 1.29 is 13.2 Å². The second-order valence-electron chi connectivity index (χ2n) is 8.05. The molecule has 0 radical (unpaired) electrons. The van der Waals surface area contributed by atoms with Gasteiger partial charge in [-0.1, -0.05) is 38.8 Å². The fraction of sp³-hybridized carbons (Fsp3) is 0.476. The van der Waals surface area contributed by atoms with Crippen molar-refractivity contribution >= 4 is 38.9 Å². The number of carbonyl (C=O) groups excluding carboxylic acids is 1. The van der Waals surface area contributed by atoms with Gasteiger partial charge in [0, 0.05) is 19.3 Å². The molecule has 0 saturated heterocycles. The Labute approximate surface area is 192 Å². The van der Waals surface area contributed by atoms with Crippen molar-refractivity contribution in [2.45, 2.75) is 51.5 Å². The van der Waals surface area contributed by atoms with Gasteiger partial charge in [-0.15, -0.1) is 0 Å². The Morgan fingerprint density at radius 2 is 1.94 bits per heavy atom. The number of nitrogens with two attached hydrogens (primary N) is 1. The fourth-order valence-corrected chi connectivity index (χ4v) is 3.97. The molecule has 0 unspecified atom stereocenters. The zero-order chi connectivity index (χ0) is 24.2. The molecule has 11 heteroatoms. The van der Waals surface area contributed by atoms with Gasteiger partial charge in [0.15, 0.2) is 15.5 Å². The molecule has 3 N–H and O–H groups in total. The third kappa shape index (κ3) is 5.80. The van der Waals surface area contributed by atoms with Crippen LogP contribution in [0.4, 0.5) is 11.5 Å². The van der Waals surface area contributed by atoms with Crippen LogP contribution >= 0.6 is 11.6 Å². The minimum atomic E-state index is -3.60.